The maximum atomic E-state index is 12.7. The minimum Gasteiger partial charge on any atom is -0.544 e. The van der Waals surface area contributed by atoms with Gasteiger partial charge in [-0.2, -0.15) is 0 Å². The number of rotatable bonds is 40. The van der Waals surface area contributed by atoms with E-state index < -0.39 is 18.1 Å². The summed E-state index contributed by atoms with van der Waals surface area (Å²) < 4.78 is 17.1. The number of unbranched alkanes of at least 4 members (excludes halogenated alkanes) is 23. The number of carbonyl (C=O) groups is 3. The average molecular weight is 764 g/mol. The van der Waals surface area contributed by atoms with E-state index in [0.29, 0.717) is 12.8 Å². The number of carbonyl (C=O) groups excluding carboxylic acids is 3. The minimum absolute atomic E-state index is 0.0395. The highest BCUT2D eigenvalue weighted by Gasteiger charge is 2.25. The van der Waals surface area contributed by atoms with E-state index in [9.17, 15) is 19.5 Å². The largest absolute Gasteiger partial charge is 0.544 e. The molecule has 0 aromatic heterocycles. The zero-order valence-corrected chi connectivity index (χ0v) is 35.9. The van der Waals surface area contributed by atoms with Crippen LogP contribution in [0.1, 0.15) is 200 Å². The molecule has 0 aromatic carbocycles. The lowest BCUT2D eigenvalue weighted by Gasteiger charge is -2.34. The van der Waals surface area contributed by atoms with Crippen molar-refractivity contribution in [2.45, 2.75) is 212 Å². The van der Waals surface area contributed by atoms with E-state index in [1.807, 2.05) is 0 Å². The van der Waals surface area contributed by atoms with Crippen molar-refractivity contribution >= 4 is 17.9 Å². The Morgan fingerprint density at radius 3 is 1.39 bits per heavy atom. The Bertz CT molecular complexity index is 942. The Morgan fingerprint density at radius 2 is 0.963 bits per heavy atom. The van der Waals surface area contributed by atoms with Gasteiger partial charge in [0.1, 0.15) is 12.6 Å². The van der Waals surface area contributed by atoms with Gasteiger partial charge in [0, 0.05) is 19.3 Å². The quantitative estimate of drug-likeness (QED) is 0.0265. The summed E-state index contributed by atoms with van der Waals surface area (Å²) in [7, 11) is 5.40. The van der Waals surface area contributed by atoms with Gasteiger partial charge >= 0.3 is 11.9 Å². The molecule has 8 heteroatoms. The molecule has 0 saturated carbocycles. The van der Waals surface area contributed by atoms with E-state index in [2.05, 4.69) is 38.2 Å². The Balaban J connectivity index is 4.33. The van der Waals surface area contributed by atoms with E-state index in [1.54, 1.807) is 21.1 Å². The Kier molecular flexibility index (Phi) is 36.2. The molecule has 0 saturated heterocycles. The van der Waals surface area contributed by atoms with Crippen molar-refractivity contribution in [3.05, 3.63) is 24.3 Å². The van der Waals surface area contributed by atoms with Crippen molar-refractivity contribution in [3.63, 3.8) is 0 Å². The van der Waals surface area contributed by atoms with Crippen molar-refractivity contribution in [1.29, 1.82) is 0 Å². The summed E-state index contributed by atoms with van der Waals surface area (Å²) in [5.74, 6) is -1.75. The first kappa shape index (κ1) is 51.8. The predicted molar refractivity (Wildman–Crippen MR) is 222 cm³/mol. The number of carboxylic acid groups (broad SMARTS) is 1. The fourth-order valence-electron chi connectivity index (χ4n) is 6.59. The van der Waals surface area contributed by atoms with Crippen LogP contribution in [0.15, 0.2) is 24.3 Å². The first-order chi connectivity index (χ1) is 26.1. The number of likely N-dealkylation sites (N-methyl/N-ethyl adjacent to an activating group) is 1. The second-order valence-electron chi connectivity index (χ2n) is 16.3. The first-order valence-electron chi connectivity index (χ1n) is 22.4. The van der Waals surface area contributed by atoms with Crippen LogP contribution in [0.3, 0.4) is 0 Å². The third-order valence-corrected chi connectivity index (χ3v) is 10.1. The number of nitrogens with zero attached hydrogens (tertiary/aromatic N) is 1. The molecule has 2 atom stereocenters. The van der Waals surface area contributed by atoms with Gasteiger partial charge in [-0.1, -0.05) is 167 Å². The molecule has 0 aliphatic carbocycles. The highest BCUT2D eigenvalue weighted by atomic mass is 16.6. The fourth-order valence-corrected chi connectivity index (χ4v) is 6.59. The van der Waals surface area contributed by atoms with Gasteiger partial charge in [0.25, 0.3) is 0 Å². The van der Waals surface area contributed by atoms with Crippen molar-refractivity contribution in [2.24, 2.45) is 0 Å². The van der Waals surface area contributed by atoms with Crippen LogP contribution in [-0.2, 0) is 28.6 Å². The van der Waals surface area contributed by atoms with Crippen LogP contribution >= 0.6 is 0 Å². The predicted octanol–water partition coefficient (Wildman–Crippen LogP) is 10.7. The molecular formula is C46H85NO7. The van der Waals surface area contributed by atoms with Gasteiger partial charge < -0.3 is 28.6 Å². The van der Waals surface area contributed by atoms with Crippen molar-refractivity contribution in [2.75, 3.05) is 41.0 Å². The molecule has 0 bridgehead atoms. The van der Waals surface area contributed by atoms with Gasteiger partial charge in [0.05, 0.1) is 40.3 Å². The molecule has 0 heterocycles. The number of ether oxygens (including phenoxy) is 3. The summed E-state index contributed by atoms with van der Waals surface area (Å²) in [6.07, 6.45) is 40.5. The molecule has 0 aliphatic rings. The van der Waals surface area contributed by atoms with Crippen LogP contribution in [0.2, 0.25) is 0 Å². The van der Waals surface area contributed by atoms with Crippen molar-refractivity contribution in [1.82, 2.24) is 0 Å². The Hall–Kier alpha value is -2.19. The number of esters is 2. The van der Waals surface area contributed by atoms with E-state index in [1.165, 1.54) is 109 Å². The third kappa shape index (κ3) is 35.5. The monoisotopic (exact) mass is 764 g/mol. The molecule has 0 rings (SSSR count). The van der Waals surface area contributed by atoms with Crippen LogP contribution in [0, 0.1) is 0 Å². The molecule has 54 heavy (non-hydrogen) atoms. The Labute approximate surface area is 332 Å². The third-order valence-electron chi connectivity index (χ3n) is 10.1. The zero-order valence-electron chi connectivity index (χ0n) is 35.9. The maximum Gasteiger partial charge on any atom is 0.306 e. The number of allylic oxidation sites excluding steroid dienone is 4. The lowest BCUT2D eigenvalue weighted by atomic mass is 10.0. The Morgan fingerprint density at radius 1 is 0.556 bits per heavy atom. The molecule has 0 aliphatic heterocycles. The number of hydrogen-bond donors (Lipinski definition) is 0. The van der Waals surface area contributed by atoms with Crippen LogP contribution in [0.5, 0.6) is 0 Å². The summed E-state index contributed by atoms with van der Waals surface area (Å²) in [6.45, 7) is 4.65. The number of carboxylic acids is 1. The van der Waals surface area contributed by atoms with E-state index in [4.69, 9.17) is 14.2 Å². The summed E-state index contributed by atoms with van der Waals surface area (Å²) in [5, 5.41) is 11.6. The SMILES string of the molecule is CCCCCCCCC/C=C/C=C/CCCCCCCC(=O)OCC(COCCC(C(=O)[O-])[N+](C)(C)C)OC(=O)CCCCCCCCCCCCCC. The van der Waals surface area contributed by atoms with Crippen molar-refractivity contribution in [3.8, 4) is 0 Å². The second-order valence-corrected chi connectivity index (χ2v) is 16.3. The highest BCUT2D eigenvalue weighted by Crippen LogP contribution is 2.14. The number of hydrogen-bond acceptors (Lipinski definition) is 7. The number of quaternary nitrogens is 1. The summed E-state index contributed by atoms with van der Waals surface area (Å²) in [5.41, 5.74) is 0. The van der Waals surface area contributed by atoms with Gasteiger partial charge in [-0.25, -0.2) is 0 Å². The molecule has 8 nitrogen and oxygen atoms in total. The van der Waals surface area contributed by atoms with Gasteiger partial charge in [0.15, 0.2) is 6.10 Å². The van der Waals surface area contributed by atoms with Gasteiger partial charge in [-0.05, 0) is 38.5 Å². The fraction of sp³-hybridized carbons (Fsp3) is 0.848. The van der Waals surface area contributed by atoms with Gasteiger partial charge in [0.2, 0.25) is 0 Å². The van der Waals surface area contributed by atoms with Crippen LogP contribution < -0.4 is 5.11 Å². The van der Waals surface area contributed by atoms with E-state index in [-0.39, 0.29) is 42.7 Å². The van der Waals surface area contributed by atoms with E-state index in [0.717, 1.165) is 57.8 Å². The molecule has 0 N–H and O–H groups in total. The van der Waals surface area contributed by atoms with Crippen LogP contribution in [0.25, 0.3) is 0 Å². The molecule has 0 amide bonds. The molecule has 0 fully saturated rings. The maximum absolute atomic E-state index is 12.7. The van der Waals surface area contributed by atoms with Crippen LogP contribution in [-0.4, -0.2) is 75.5 Å². The topological polar surface area (TPSA) is 102 Å². The lowest BCUT2D eigenvalue weighted by Crippen LogP contribution is -2.55. The van der Waals surface area contributed by atoms with Gasteiger partial charge in [-0.3, -0.25) is 9.59 Å². The smallest absolute Gasteiger partial charge is 0.306 e. The molecule has 2 unspecified atom stereocenters. The molecule has 0 aromatic rings. The standard InChI is InChI=1S/C46H85NO7/c1-6-8-10-12-14-16-18-20-21-22-23-24-25-27-28-30-32-34-36-44(48)53-41-42(40-52-39-38-43(46(50)51)47(3,4)5)54-45(49)37-35-33-31-29-26-19-17-15-13-11-9-7-2/h21-24,42-43H,6-20,25-41H2,1-5H3/b22-21+,24-23+. The molecule has 316 valence electrons. The van der Waals surface area contributed by atoms with Crippen LogP contribution in [0.4, 0.5) is 0 Å². The summed E-state index contributed by atoms with van der Waals surface area (Å²) >= 11 is 0. The van der Waals surface area contributed by atoms with Gasteiger partial charge in [-0.15, -0.1) is 0 Å². The minimum atomic E-state index is -1.13. The summed E-state index contributed by atoms with van der Waals surface area (Å²) in [6, 6.07) is -0.724. The molecule has 0 spiro atoms. The average Bonchev–Trinajstić information content (AvgIpc) is 3.12. The molecule has 0 radical (unpaired) electrons. The lowest BCUT2D eigenvalue weighted by molar-refractivity contribution is -0.889. The zero-order chi connectivity index (χ0) is 40.0. The summed E-state index contributed by atoms with van der Waals surface area (Å²) in [4.78, 5) is 36.8. The second kappa shape index (κ2) is 37.7. The number of aliphatic carboxylic acids is 1. The van der Waals surface area contributed by atoms with Crippen molar-refractivity contribution < 1.29 is 38.2 Å². The first-order valence-corrected chi connectivity index (χ1v) is 22.4. The molecular weight excluding hydrogens is 679 g/mol. The normalized spacial score (nSPS) is 13.1. The van der Waals surface area contributed by atoms with E-state index >= 15 is 0 Å². The highest BCUT2D eigenvalue weighted by molar-refractivity contribution is 5.70.